The Labute approximate surface area is 174 Å². The molecule has 0 spiro atoms. The Kier molecular flexibility index (Phi) is 6.16. The zero-order valence-electron chi connectivity index (χ0n) is 16.0. The largest absolute Gasteiger partial charge is 0.491 e. The lowest BCUT2D eigenvalue weighted by molar-refractivity contribution is -0.154. The number of amides is 1. The van der Waals surface area contributed by atoms with Crippen LogP contribution >= 0.6 is 11.6 Å². The molecule has 0 radical (unpaired) electrons. The Morgan fingerprint density at radius 3 is 2.62 bits per heavy atom. The van der Waals surface area contributed by atoms with Crippen LogP contribution in [-0.4, -0.2) is 60.8 Å². The van der Waals surface area contributed by atoms with Gasteiger partial charge in [0.1, 0.15) is 36.7 Å². The van der Waals surface area contributed by atoms with Crippen molar-refractivity contribution in [2.45, 2.75) is 25.0 Å². The molecule has 0 bridgehead atoms. The molecule has 2 saturated heterocycles. The summed E-state index contributed by atoms with van der Waals surface area (Å²) in [5.74, 6) is 1.21. The van der Waals surface area contributed by atoms with Crippen LogP contribution in [0.1, 0.15) is 12.8 Å². The molecule has 1 aromatic carbocycles. The van der Waals surface area contributed by atoms with Gasteiger partial charge in [-0.2, -0.15) is 0 Å². The van der Waals surface area contributed by atoms with Crippen LogP contribution in [0.5, 0.6) is 5.75 Å². The van der Waals surface area contributed by atoms with E-state index in [0.717, 1.165) is 31.7 Å². The van der Waals surface area contributed by atoms with Crippen LogP contribution in [0.15, 0.2) is 42.6 Å². The number of rotatable bonds is 5. The number of pyridine rings is 1. The van der Waals surface area contributed by atoms with Crippen LogP contribution in [-0.2, 0) is 9.53 Å². The molecule has 6 nitrogen and oxygen atoms in total. The molecule has 2 fully saturated rings. The molecule has 0 N–H and O–H groups in total. The number of carbonyl (C=O) groups excluding carboxylic acids is 1. The molecule has 2 aliphatic heterocycles. The molecule has 4 rings (SSSR count). The van der Waals surface area contributed by atoms with Gasteiger partial charge in [-0.15, -0.1) is 0 Å². The second-order valence-corrected chi connectivity index (χ2v) is 7.73. The fourth-order valence-corrected chi connectivity index (χ4v) is 3.89. The highest BCUT2D eigenvalue weighted by atomic mass is 35.5. The highest BCUT2D eigenvalue weighted by Gasteiger charge is 2.34. The Bertz CT molecular complexity index is 826. The lowest BCUT2D eigenvalue weighted by atomic mass is 10.0. The van der Waals surface area contributed by atoms with Crippen molar-refractivity contribution >= 4 is 23.3 Å². The third kappa shape index (κ3) is 4.97. The summed E-state index contributed by atoms with van der Waals surface area (Å²) in [6, 6.07) is 9.83. The number of halogens is 2. The third-order valence-electron chi connectivity index (χ3n) is 5.35. The maximum atomic E-state index is 13.0. The molecule has 2 aromatic rings. The van der Waals surface area contributed by atoms with Gasteiger partial charge >= 0.3 is 0 Å². The normalized spacial score (nSPS) is 20.8. The zero-order chi connectivity index (χ0) is 20.2. The lowest BCUT2D eigenvalue weighted by Gasteiger charge is -2.42. The first-order chi connectivity index (χ1) is 14.1. The summed E-state index contributed by atoms with van der Waals surface area (Å²) in [5.41, 5.74) is 0. The molecule has 8 heteroatoms. The predicted molar refractivity (Wildman–Crippen MR) is 108 cm³/mol. The number of nitrogens with zero attached hydrogens (tertiary/aromatic N) is 3. The molecule has 0 aliphatic carbocycles. The van der Waals surface area contributed by atoms with E-state index in [1.807, 2.05) is 17.0 Å². The molecule has 154 valence electrons. The number of anilines is 1. The van der Waals surface area contributed by atoms with Gasteiger partial charge in [-0.05, 0) is 49.2 Å². The Hall–Kier alpha value is -2.38. The highest BCUT2D eigenvalue weighted by molar-refractivity contribution is 6.30. The van der Waals surface area contributed by atoms with Gasteiger partial charge in [-0.25, -0.2) is 9.37 Å². The molecule has 29 heavy (non-hydrogen) atoms. The second-order valence-electron chi connectivity index (χ2n) is 7.30. The number of hydrogen-bond acceptors (Lipinski definition) is 5. The van der Waals surface area contributed by atoms with Gasteiger partial charge in [0, 0.05) is 25.3 Å². The van der Waals surface area contributed by atoms with Crippen LogP contribution in [0.2, 0.25) is 5.02 Å². The van der Waals surface area contributed by atoms with E-state index in [4.69, 9.17) is 21.1 Å². The summed E-state index contributed by atoms with van der Waals surface area (Å²) in [6.07, 6.45) is 3.21. The van der Waals surface area contributed by atoms with Gasteiger partial charge in [0.05, 0.1) is 11.6 Å². The summed E-state index contributed by atoms with van der Waals surface area (Å²) in [6.45, 7) is 2.56. The average Bonchev–Trinajstić information content (AvgIpc) is 2.75. The summed E-state index contributed by atoms with van der Waals surface area (Å²) >= 11 is 5.91. The number of carbonyl (C=O) groups is 1. The average molecular weight is 420 g/mol. The third-order valence-corrected chi connectivity index (χ3v) is 5.58. The Balaban J connectivity index is 1.30. The summed E-state index contributed by atoms with van der Waals surface area (Å²) in [5, 5.41) is 0.622. The first-order valence-electron chi connectivity index (χ1n) is 9.74. The van der Waals surface area contributed by atoms with Crippen molar-refractivity contribution in [2.75, 3.05) is 37.7 Å². The molecule has 1 unspecified atom stereocenters. The van der Waals surface area contributed by atoms with Crippen molar-refractivity contribution in [3.8, 4) is 5.75 Å². The fourth-order valence-electron chi connectivity index (χ4n) is 3.78. The maximum absolute atomic E-state index is 13.0. The maximum Gasteiger partial charge on any atom is 0.248 e. The lowest BCUT2D eigenvalue weighted by Crippen LogP contribution is -2.55. The molecule has 3 heterocycles. The fraction of sp³-hybridized carbons (Fsp3) is 0.429. The Morgan fingerprint density at radius 2 is 1.93 bits per heavy atom. The van der Waals surface area contributed by atoms with Crippen molar-refractivity contribution in [3.05, 3.63) is 53.4 Å². The van der Waals surface area contributed by atoms with Crippen molar-refractivity contribution in [1.29, 1.82) is 0 Å². The van der Waals surface area contributed by atoms with Gasteiger partial charge in [0.2, 0.25) is 5.91 Å². The van der Waals surface area contributed by atoms with E-state index in [1.54, 1.807) is 18.3 Å². The molecular weight excluding hydrogens is 397 g/mol. The highest BCUT2D eigenvalue weighted by Crippen LogP contribution is 2.24. The smallest absolute Gasteiger partial charge is 0.248 e. The molecule has 1 atom stereocenters. The molecule has 0 saturated carbocycles. The van der Waals surface area contributed by atoms with E-state index in [2.05, 4.69) is 9.88 Å². The van der Waals surface area contributed by atoms with Crippen LogP contribution in [0.4, 0.5) is 10.2 Å². The first-order valence-corrected chi connectivity index (χ1v) is 10.1. The minimum absolute atomic E-state index is 0.0195. The Morgan fingerprint density at radius 1 is 1.17 bits per heavy atom. The number of aromatic nitrogens is 1. The van der Waals surface area contributed by atoms with Crippen LogP contribution in [0, 0.1) is 5.82 Å². The van der Waals surface area contributed by atoms with Crippen molar-refractivity contribution in [1.82, 2.24) is 9.88 Å². The van der Waals surface area contributed by atoms with Gasteiger partial charge in [-0.3, -0.25) is 4.79 Å². The summed E-state index contributed by atoms with van der Waals surface area (Å²) in [4.78, 5) is 20.9. The SMILES string of the molecule is O=C1COC(COc2ccc(F)cc2)CN1C1CCN(c2ccc(Cl)cn2)CC1. The zero-order valence-corrected chi connectivity index (χ0v) is 16.7. The standard InChI is InChI=1S/C21H23ClFN3O3/c22-15-1-6-20(24-11-15)25-9-7-17(8-10-25)26-12-19(29-14-21(26)27)13-28-18-4-2-16(23)3-5-18/h1-6,11,17,19H,7-10,12-14H2. The molecule has 1 amide bonds. The van der Waals surface area contributed by atoms with Crippen LogP contribution < -0.4 is 9.64 Å². The second kappa shape index (κ2) is 8.97. The number of morpholine rings is 1. The van der Waals surface area contributed by atoms with Crippen molar-refractivity contribution in [2.24, 2.45) is 0 Å². The number of hydrogen-bond donors (Lipinski definition) is 0. The number of piperidine rings is 1. The van der Waals surface area contributed by atoms with Gasteiger partial charge in [0.15, 0.2) is 0 Å². The quantitative estimate of drug-likeness (QED) is 0.745. The van der Waals surface area contributed by atoms with E-state index in [9.17, 15) is 9.18 Å². The molecule has 1 aromatic heterocycles. The van der Waals surface area contributed by atoms with Gasteiger partial charge < -0.3 is 19.3 Å². The van der Waals surface area contributed by atoms with E-state index in [-0.39, 0.29) is 30.5 Å². The van der Waals surface area contributed by atoms with E-state index >= 15 is 0 Å². The number of ether oxygens (including phenoxy) is 2. The minimum atomic E-state index is -0.303. The van der Waals surface area contributed by atoms with Crippen molar-refractivity contribution < 1.29 is 18.7 Å². The molecular formula is C21H23ClFN3O3. The minimum Gasteiger partial charge on any atom is -0.491 e. The summed E-state index contributed by atoms with van der Waals surface area (Å²) in [7, 11) is 0. The topological polar surface area (TPSA) is 54.9 Å². The first kappa shape index (κ1) is 19.9. The van der Waals surface area contributed by atoms with Gasteiger partial charge in [-0.1, -0.05) is 11.6 Å². The summed E-state index contributed by atoms with van der Waals surface area (Å²) < 4.78 is 24.3. The van der Waals surface area contributed by atoms with Crippen molar-refractivity contribution in [3.63, 3.8) is 0 Å². The number of benzene rings is 1. The molecule has 2 aliphatic rings. The van der Waals surface area contributed by atoms with Crippen LogP contribution in [0.3, 0.4) is 0 Å². The van der Waals surface area contributed by atoms with E-state index in [1.165, 1.54) is 12.1 Å². The van der Waals surface area contributed by atoms with Crippen LogP contribution in [0.25, 0.3) is 0 Å². The predicted octanol–water partition coefficient (Wildman–Crippen LogP) is 3.15. The van der Waals surface area contributed by atoms with E-state index < -0.39 is 0 Å². The monoisotopic (exact) mass is 419 g/mol. The van der Waals surface area contributed by atoms with Gasteiger partial charge in [0.25, 0.3) is 0 Å². The van der Waals surface area contributed by atoms with E-state index in [0.29, 0.717) is 23.9 Å².